The van der Waals surface area contributed by atoms with Gasteiger partial charge in [-0.2, -0.15) is 0 Å². The molecule has 2 amide bonds. The molecule has 1 atom stereocenters. The molecule has 0 bridgehead atoms. The Hall–Kier alpha value is -1.75. The second-order valence-corrected chi connectivity index (χ2v) is 7.52. The second-order valence-electron chi connectivity index (χ2n) is 7.11. The number of carbonyl (C=O) groups is 2. The van der Waals surface area contributed by atoms with Gasteiger partial charge in [0.25, 0.3) is 0 Å². The molecule has 0 N–H and O–H groups in total. The van der Waals surface area contributed by atoms with E-state index in [1.807, 2.05) is 43.0 Å². The molecule has 0 unspecified atom stereocenters. The van der Waals surface area contributed by atoms with Gasteiger partial charge in [0.15, 0.2) is 0 Å². The molecule has 2 aliphatic heterocycles. The van der Waals surface area contributed by atoms with Crippen molar-refractivity contribution in [2.45, 2.75) is 45.3 Å². The first-order valence-corrected chi connectivity index (χ1v) is 9.33. The number of rotatable bonds is 4. The highest BCUT2D eigenvalue weighted by atomic mass is 35.5. The molecule has 0 aliphatic carbocycles. The normalized spacial score (nSPS) is 21.9. The molecule has 1 aromatic rings. The molecule has 25 heavy (non-hydrogen) atoms. The van der Waals surface area contributed by atoms with Gasteiger partial charge in [0.05, 0.1) is 10.9 Å². The highest BCUT2D eigenvalue weighted by Gasteiger charge is 2.38. The number of benzene rings is 1. The standard InChI is InChI=1S/C19H25ClN2O3/c1-13(2)22-12-14(11-18(22)23)19(24)21-9-7-15(8-10-21)25-17-6-4-3-5-16(17)20/h3-6,13-15H,7-12H2,1-2H3/t14-/m1/s1. The minimum absolute atomic E-state index is 0.0707. The Kier molecular flexibility index (Phi) is 5.52. The van der Waals surface area contributed by atoms with E-state index < -0.39 is 0 Å². The average molecular weight is 365 g/mol. The first-order chi connectivity index (χ1) is 12.0. The number of nitrogens with zero attached hydrogens (tertiary/aromatic N) is 2. The van der Waals surface area contributed by atoms with E-state index in [9.17, 15) is 9.59 Å². The van der Waals surface area contributed by atoms with Crippen molar-refractivity contribution in [2.24, 2.45) is 5.92 Å². The summed E-state index contributed by atoms with van der Waals surface area (Å²) in [5.74, 6) is 0.692. The third-order valence-electron chi connectivity index (χ3n) is 5.01. The van der Waals surface area contributed by atoms with Crippen LogP contribution in [-0.4, -0.2) is 53.4 Å². The van der Waals surface area contributed by atoms with E-state index in [1.54, 1.807) is 4.90 Å². The van der Waals surface area contributed by atoms with Gasteiger partial charge in [0.2, 0.25) is 11.8 Å². The van der Waals surface area contributed by atoms with Gasteiger partial charge in [-0.25, -0.2) is 0 Å². The van der Waals surface area contributed by atoms with Crippen LogP contribution in [0.3, 0.4) is 0 Å². The van der Waals surface area contributed by atoms with Gasteiger partial charge >= 0.3 is 0 Å². The summed E-state index contributed by atoms with van der Waals surface area (Å²) >= 11 is 6.14. The number of carbonyl (C=O) groups excluding carboxylic acids is 2. The van der Waals surface area contributed by atoms with Crippen molar-refractivity contribution < 1.29 is 14.3 Å². The van der Waals surface area contributed by atoms with E-state index in [0.717, 1.165) is 12.8 Å². The van der Waals surface area contributed by atoms with Crippen molar-refractivity contribution in [3.8, 4) is 5.75 Å². The van der Waals surface area contributed by atoms with Crippen LogP contribution in [0.25, 0.3) is 0 Å². The molecular formula is C19H25ClN2O3. The van der Waals surface area contributed by atoms with Gasteiger partial charge in [-0.1, -0.05) is 23.7 Å². The van der Waals surface area contributed by atoms with E-state index in [4.69, 9.17) is 16.3 Å². The maximum atomic E-state index is 12.7. The highest BCUT2D eigenvalue weighted by Crippen LogP contribution is 2.28. The molecule has 0 saturated carbocycles. The molecular weight excluding hydrogens is 340 g/mol. The minimum Gasteiger partial charge on any atom is -0.489 e. The van der Waals surface area contributed by atoms with Crippen LogP contribution in [-0.2, 0) is 9.59 Å². The maximum Gasteiger partial charge on any atom is 0.227 e. The lowest BCUT2D eigenvalue weighted by Crippen LogP contribution is -2.45. The van der Waals surface area contributed by atoms with Gasteiger partial charge in [-0.15, -0.1) is 0 Å². The third-order valence-corrected chi connectivity index (χ3v) is 5.33. The Morgan fingerprint density at radius 2 is 1.92 bits per heavy atom. The van der Waals surface area contributed by atoms with Crippen molar-refractivity contribution >= 4 is 23.4 Å². The zero-order chi connectivity index (χ0) is 18.0. The summed E-state index contributed by atoms with van der Waals surface area (Å²) in [5.41, 5.74) is 0. The predicted molar refractivity (Wildman–Crippen MR) is 96.6 cm³/mol. The number of ether oxygens (including phenoxy) is 1. The van der Waals surface area contributed by atoms with Crippen LogP contribution < -0.4 is 4.74 Å². The van der Waals surface area contributed by atoms with Gasteiger partial charge in [0, 0.05) is 44.9 Å². The fourth-order valence-electron chi connectivity index (χ4n) is 3.57. The van der Waals surface area contributed by atoms with Crippen LogP contribution in [0.4, 0.5) is 0 Å². The van der Waals surface area contributed by atoms with E-state index >= 15 is 0 Å². The van der Waals surface area contributed by atoms with Gasteiger partial charge in [-0.3, -0.25) is 9.59 Å². The van der Waals surface area contributed by atoms with Crippen LogP contribution in [0, 0.1) is 5.92 Å². The lowest BCUT2D eigenvalue weighted by Gasteiger charge is -2.33. The quantitative estimate of drug-likeness (QED) is 0.825. The summed E-state index contributed by atoms with van der Waals surface area (Å²) in [5, 5.41) is 0.610. The SMILES string of the molecule is CC(C)N1C[C@H](C(=O)N2CCC(Oc3ccccc3Cl)CC2)CC1=O. The van der Waals surface area contributed by atoms with Crippen molar-refractivity contribution in [3.05, 3.63) is 29.3 Å². The van der Waals surface area contributed by atoms with Gasteiger partial charge in [-0.05, 0) is 26.0 Å². The Bertz CT molecular complexity index is 641. The third kappa shape index (κ3) is 4.09. The Morgan fingerprint density at radius 1 is 1.24 bits per heavy atom. The van der Waals surface area contributed by atoms with Crippen molar-refractivity contribution in [1.29, 1.82) is 0 Å². The summed E-state index contributed by atoms with van der Waals surface area (Å²) in [6, 6.07) is 7.61. The summed E-state index contributed by atoms with van der Waals surface area (Å²) in [7, 11) is 0. The average Bonchev–Trinajstić information content (AvgIpc) is 2.99. The summed E-state index contributed by atoms with van der Waals surface area (Å²) in [4.78, 5) is 28.4. The van der Waals surface area contributed by atoms with E-state index in [0.29, 0.717) is 36.8 Å². The number of hydrogen-bond donors (Lipinski definition) is 0. The summed E-state index contributed by atoms with van der Waals surface area (Å²) in [6.07, 6.45) is 1.98. The van der Waals surface area contributed by atoms with E-state index in [2.05, 4.69) is 0 Å². The molecule has 136 valence electrons. The van der Waals surface area contributed by atoms with Crippen LogP contribution in [0.15, 0.2) is 24.3 Å². The Balaban J connectivity index is 1.51. The predicted octanol–water partition coefficient (Wildman–Crippen LogP) is 2.97. The van der Waals surface area contributed by atoms with Gasteiger partial charge < -0.3 is 14.5 Å². The summed E-state index contributed by atoms with van der Waals surface area (Å²) < 4.78 is 5.97. The van der Waals surface area contributed by atoms with Crippen LogP contribution >= 0.6 is 11.6 Å². The van der Waals surface area contributed by atoms with E-state index in [-0.39, 0.29) is 29.9 Å². The molecule has 2 saturated heterocycles. The molecule has 2 fully saturated rings. The van der Waals surface area contributed by atoms with Crippen LogP contribution in [0.1, 0.15) is 33.1 Å². The fourth-order valence-corrected chi connectivity index (χ4v) is 3.75. The largest absolute Gasteiger partial charge is 0.489 e. The molecule has 0 radical (unpaired) electrons. The number of amides is 2. The molecule has 5 nitrogen and oxygen atoms in total. The van der Waals surface area contributed by atoms with E-state index in [1.165, 1.54) is 0 Å². The van der Waals surface area contributed by atoms with Crippen molar-refractivity contribution in [2.75, 3.05) is 19.6 Å². The molecule has 0 spiro atoms. The maximum absolute atomic E-state index is 12.7. The lowest BCUT2D eigenvalue weighted by molar-refractivity contribution is -0.137. The fraction of sp³-hybridized carbons (Fsp3) is 0.579. The molecule has 2 aliphatic rings. The van der Waals surface area contributed by atoms with Crippen molar-refractivity contribution in [1.82, 2.24) is 9.80 Å². The summed E-state index contributed by atoms with van der Waals surface area (Å²) in [6.45, 7) is 5.86. The molecule has 2 heterocycles. The number of piperidine rings is 1. The smallest absolute Gasteiger partial charge is 0.227 e. The Morgan fingerprint density at radius 3 is 2.52 bits per heavy atom. The number of likely N-dealkylation sites (tertiary alicyclic amines) is 2. The first kappa shape index (κ1) is 18.1. The van der Waals surface area contributed by atoms with Crippen molar-refractivity contribution in [3.63, 3.8) is 0 Å². The van der Waals surface area contributed by atoms with Gasteiger partial charge in [0.1, 0.15) is 11.9 Å². The Labute approximate surface area is 153 Å². The highest BCUT2D eigenvalue weighted by molar-refractivity contribution is 6.32. The number of hydrogen-bond acceptors (Lipinski definition) is 3. The topological polar surface area (TPSA) is 49.9 Å². The zero-order valence-electron chi connectivity index (χ0n) is 14.8. The zero-order valence-corrected chi connectivity index (χ0v) is 15.5. The van der Waals surface area contributed by atoms with Crippen LogP contribution in [0.2, 0.25) is 5.02 Å². The second kappa shape index (κ2) is 7.65. The number of halogens is 1. The number of para-hydroxylation sites is 1. The molecule has 3 rings (SSSR count). The first-order valence-electron chi connectivity index (χ1n) is 8.95. The molecule has 1 aromatic carbocycles. The minimum atomic E-state index is -0.198. The lowest BCUT2D eigenvalue weighted by atomic mass is 10.0. The molecule has 6 heteroatoms. The van der Waals surface area contributed by atoms with Crippen LogP contribution in [0.5, 0.6) is 5.75 Å². The molecule has 0 aromatic heterocycles. The monoisotopic (exact) mass is 364 g/mol.